The van der Waals surface area contributed by atoms with Crippen molar-refractivity contribution in [3.8, 4) is 0 Å². The molecule has 24 heavy (non-hydrogen) atoms. The van der Waals surface area contributed by atoms with Crippen molar-refractivity contribution in [1.82, 2.24) is 15.5 Å². The third-order valence-corrected chi connectivity index (χ3v) is 5.56. The van der Waals surface area contributed by atoms with Crippen LogP contribution in [0.15, 0.2) is 24.3 Å². The van der Waals surface area contributed by atoms with Crippen molar-refractivity contribution in [2.45, 2.75) is 56.8 Å². The molecule has 4 rings (SSSR count). The summed E-state index contributed by atoms with van der Waals surface area (Å²) >= 11 is 0. The molecule has 1 aromatic carbocycles. The SMILES string of the molecule is Cl.Cl.O=C(NC1CCN2CCCC2C1)C1Cc2ccccc2CN1. The van der Waals surface area contributed by atoms with Crippen LogP contribution in [0, 0.1) is 0 Å². The van der Waals surface area contributed by atoms with E-state index in [2.05, 4.69) is 39.8 Å². The second-order valence-corrected chi connectivity index (χ2v) is 6.97. The predicted octanol–water partition coefficient (Wildman–Crippen LogP) is 2.29. The first-order chi connectivity index (χ1) is 10.8. The average Bonchev–Trinajstić information content (AvgIpc) is 3.02. The Kier molecular flexibility index (Phi) is 6.93. The van der Waals surface area contributed by atoms with Crippen LogP contribution < -0.4 is 10.6 Å². The highest BCUT2D eigenvalue weighted by Crippen LogP contribution is 2.27. The Morgan fingerprint density at radius 1 is 1.12 bits per heavy atom. The lowest BCUT2D eigenvalue weighted by Crippen LogP contribution is -2.53. The van der Waals surface area contributed by atoms with Gasteiger partial charge in [-0.05, 0) is 49.8 Å². The fourth-order valence-electron chi connectivity index (χ4n) is 4.30. The summed E-state index contributed by atoms with van der Waals surface area (Å²) in [6.07, 6.45) is 5.68. The number of fused-ring (bicyclic) bond motifs is 2. The van der Waals surface area contributed by atoms with Crippen molar-refractivity contribution in [1.29, 1.82) is 0 Å². The smallest absolute Gasteiger partial charge is 0.237 e. The number of nitrogens with zero attached hydrogens (tertiary/aromatic N) is 1. The third kappa shape index (κ3) is 4.05. The number of piperidine rings is 1. The van der Waals surface area contributed by atoms with E-state index in [1.165, 1.54) is 30.5 Å². The normalized spacial score (nSPS) is 28.8. The minimum Gasteiger partial charge on any atom is -0.352 e. The summed E-state index contributed by atoms with van der Waals surface area (Å²) < 4.78 is 0. The average molecular weight is 372 g/mol. The van der Waals surface area contributed by atoms with Gasteiger partial charge in [0, 0.05) is 25.2 Å². The topological polar surface area (TPSA) is 44.4 Å². The standard InChI is InChI=1S/C18H25N3O.2ClH/c22-18(17-10-13-4-1-2-5-14(13)12-19-17)20-15-7-9-21-8-3-6-16(21)11-15;;/h1-2,4-5,15-17,19H,3,6-12H2,(H,20,22);2*1H. The molecule has 6 heteroatoms. The van der Waals surface area contributed by atoms with Gasteiger partial charge in [-0.25, -0.2) is 0 Å². The van der Waals surface area contributed by atoms with Gasteiger partial charge in [-0.15, -0.1) is 24.8 Å². The Balaban J connectivity index is 0.00000104. The molecular formula is C18H27Cl2N3O. The molecule has 0 radical (unpaired) electrons. The fourth-order valence-corrected chi connectivity index (χ4v) is 4.30. The van der Waals surface area contributed by atoms with Crippen LogP contribution in [0.4, 0.5) is 0 Å². The fraction of sp³-hybridized carbons (Fsp3) is 0.611. The number of rotatable bonds is 2. The van der Waals surface area contributed by atoms with E-state index >= 15 is 0 Å². The molecule has 3 unspecified atom stereocenters. The number of benzene rings is 1. The highest BCUT2D eigenvalue weighted by molar-refractivity contribution is 5.85. The van der Waals surface area contributed by atoms with E-state index in [1.807, 2.05) is 0 Å². The maximum absolute atomic E-state index is 12.6. The molecule has 2 fully saturated rings. The van der Waals surface area contributed by atoms with Gasteiger partial charge in [-0.1, -0.05) is 24.3 Å². The molecule has 0 aromatic heterocycles. The number of amides is 1. The Labute approximate surface area is 156 Å². The van der Waals surface area contributed by atoms with Crippen LogP contribution in [0.5, 0.6) is 0 Å². The van der Waals surface area contributed by atoms with E-state index in [4.69, 9.17) is 0 Å². The van der Waals surface area contributed by atoms with Gasteiger partial charge in [0.1, 0.15) is 0 Å². The molecule has 134 valence electrons. The van der Waals surface area contributed by atoms with Gasteiger partial charge in [0.25, 0.3) is 0 Å². The zero-order chi connectivity index (χ0) is 14.9. The predicted molar refractivity (Wildman–Crippen MR) is 101 cm³/mol. The van der Waals surface area contributed by atoms with Crippen LogP contribution >= 0.6 is 24.8 Å². The van der Waals surface area contributed by atoms with Crippen LogP contribution in [0.1, 0.15) is 36.8 Å². The number of nitrogens with one attached hydrogen (secondary N) is 2. The number of hydrogen-bond acceptors (Lipinski definition) is 3. The van der Waals surface area contributed by atoms with E-state index in [0.717, 1.165) is 32.4 Å². The summed E-state index contributed by atoms with van der Waals surface area (Å²) in [5, 5.41) is 6.69. The first kappa shape index (κ1) is 19.5. The van der Waals surface area contributed by atoms with Crippen molar-refractivity contribution >= 4 is 30.7 Å². The highest BCUT2D eigenvalue weighted by atomic mass is 35.5. The molecule has 3 atom stereocenters. The third-order valence-electron chi connectivity index (χ3n) is 5.56. The van der Waals surface area contributed by atoms with Gasteiger partial charge in [-0.2, -0.15) is 0 Å². The lowest BCUT2D eigenvalue weighted by Gasteiger charge is -2.36. The molecule has 3 heterocycles. The summed E-state index contributed by atoms with van der Waals surface area (Å²) in [6, 6.07) is 9.42. The monoisotopic (exact) mass is 371 g/mol. The second kappa shape index (κ2) is 8.52. The maximum atomic E-state index is 12.6. The highest BCUT2D eigenvalue weighted by Gasteiger charge is 2.33. The summed E-state index contributed by atoms with van der Waals surface area (Å²) in [6.45, 7) is 3.21. The van der Waals surface area contributed by atoms with Crippen LogP contribution in [0.2, 0.25) is 0 Å². The summed E-state index contributed by atoms with van der Waals surface area (Å²) in [7, 11) is 0. The van der Waals surface area contributed by atoms with Gasteiger partial charge in [0.15, 0.2) is 0 Å². The summed E-state index contributed by atoms with van der Waals surface area (Å²) in [5.41, 5.74) is 2.64. The molecule has 2 saturated heterocycles. The molecular weight excluding hydrogens is 345 g/mol. The van der Waals surface area contributed by atoms with Gasteiger partial charge in [0.05, 0.1) is 6.04 Å². The minimum absolute atomic E-state index is 0. The molecule has 4 nitrogen and oxygen atoms in total. The van der Waals surface area contributed by atoms with Crippen molar-refractivity contribution in [3.63, 3.8) is 0 Å². The van der Waals surface area contributed by atoms with E-state index in [9.17, 15) is 4.79 Å². The Morgan fingerprint density at radius 3 is 2.75 bits per heavy atom. The zero-order valence-corrected chi connectivity index (χ0v) is 15.5. The van der Waals surface area contributed by atoms with Crippen molar-refractivity contribution in [2.75, 3.05) is 13.1 Å². The van der Waals surface area contributed by atoms with Crippen LogP contribution in [0.25, 0.3) is 0 Å². The molecule has 1 amide bonds. The molecule has 0 saturated carbocycles. The first-order valence-corrected chi connectivity index (χ1v) is 8.64. The van der Waals surface area contributed by atoms with Crippen molar-refractivity contribution in [3.05, 3.63) is 35.4 Å². The Bertz CT molecular complexity index is 569. The molecule has 3 aliphatic rings. The molecule has 3 aliphatic heterocycles. The van der Waals surface area contributed by atoms with Crippen LogP contribution in [0.3, 0.4) is 0 Å². The number of hydrogen-bond donors (Lipinski definition) is 2. The molecule has 0 bridgehead atoms. The maximum Gasteiger partial charge on any atom is 0.237 e. The van der Waals surface area contributed by atoms with Gasteiger partial charge < -0.3 is 15.5 Å². The number of carbonyl (C=O) groups excluding carboxylic acids is 1. The van der Waals surface area contributed by atoms with E-state index < -0.39 is 0 Å². The summed E-state index contributed by atoms with van der Waals surface area (Å²) in [4.78, 5) is 15.2. The Morgan fingerprint density at radius 2 is 1.92 bits per heavy atom. The second-order valence-electron chi connectivity index (χ2n) is 6.97. The quantitative estimate of drug-likeness (QED) is 0.837. The van der Waals surface area contributed by atoms with Gasteiger partial charge in [-0.3, -0.25) is 4.79 Å². The van der Waals surface area contributed by atoms with Crippen LogP contribution in [-0.4, -0.2) is 42.0 Å². The molecule has 1 aromatic rings. The lowest BCUT2D eigenvalue weighted by molar-refractivity contribution is -0.124. The van der Waals surface area contributed by atoms with Crippen LogP contribution in [-0.2, 0) is 17.8 Å². The van der Waals surface area contributed by atoms with Crippen molar-refractivity contribution < 1.29 is 4.79 Å². The first-order valence-electron chi connectivity index (χ1n) is 8.64. The molecule has 2 N–H and O–H groups in total. The Hall–Kier alpha value is -0.810. The molecule has 0 spiro atoms. The number of carbonyl (C=O) groups is 1. The largest absolute Gasteiger partial charge is 0.352 e. The van der Waals surface area contributed by atoms with Gasteiger partial charge >= 0.3 is 0 Å². The van der Waals surface area contributed by atoms with E-state index in [0.29, 0.717) is 12.1 Å². The van der Waals surface area contributed by atoms with Crippen molar-refractivity contribution in [2.24, 2.45) is 0 Å². The zero-order valence-electron chi connectivity index (χ0n) is 13.9. The summed E-state index contributed by atoms with van der Waals surface area (Å²) in [5.74, 6) is 0.186. The van der Waals surface area contributed by atoms with E-state index in [-0.39, 0.29) is 36.8 Å². The lowest BCUT2D eigenvalue weighted by atomic mass is 9.94. The van der Waals surface area contributed by atoms with E-state index in [1.54, 1.807) is 0 Å². The van der Waals surface area contributed by atoms with Gasteiger partial charge in [0.2, 0.25) is 5.91 Å². The number of halogens is 2. The molecule has 0 aliphatic carbocycles. The minimum atomic E-state index is -0.0727.